The van der Waals surface area contributed by atoms with Crippen LogP contribution in [0.3, 0.4) is 0 Å². The first-order chi connectivity index (χ1) is 14.3. The van der Waals surface area contributed by atoms with Crippen molar-refractivity contribution in [3.8, 4) is 23.8 Å². The van der Waals surface area contributed by atoms with Crippen molar-refractivity contribution in [3.63, 3.8) is 0 Å². The number of hydrogen-bond acceptors (Lipinski definition) is 2. The normalized spacial score (nSPS) is 10.2. The van der Waals surface area contributed by atoms with Gasteiger partial charge in [0.25, 0.3) is 0 Å². The molecule has 0 radical (unpaired) electrons. The first kappa shape index (κ1) is 23.3. The summed E-state index contributed by atoms with van der Waals surface area (Å²) < 4.78 is 7.46. The topological polar surface area (TPSA) is 31.2 Å². The Bertz CT molecular complexity index is 1060. The van der Waals surface area contributed by atoms with E-state index in [0.717, 1.165) is 17.7 Å². The zero-order chi connectivity index (χ0) is 22.3. The Morgan fingerprint density at radius 3 is 2.50 bits per heavy atom. The minimum atomic E-state index is -0.0619. The zero-order valence-electron chi connectivity index (χ0n) is 18.2. The second-order valence-electron chi connectivity index (χ2n) is 7.38. The highest BCUT2D eigenvalue weighted by Crippen LogP contribution is 2.28. The number of hydrogen-bond donors (Lipinski definition) is 0. The molecule has 0 spiro atoms. The van der Waals surface area contributed by atoms with Crippen LogP contribution >= 0.6 is 11.6 Å². The molecule has 3 rings (SSSR count). The molecule has 0 amide bonds. The van der Waals surface area contributed by atoms with E-state index in [0.29, 0.717) is 27.8 Å². The maximum absolute atomic E-state index is 13.4. The van der Waals surface area contributed by atoms with Crippen molar-refractivity contribution >= 4 is 17.4 Å². The van der Waals surface area contributed by atoms with Gasteiger partial charge >= 0.3 is 0 Å². The van der Waals surface area contributed by atoms with Gasteiger partial charge in [-0.2, -0.15) is 0 Å². The van der Waals surface area contributed by atoms with Crippen molar-refractivity contribution in [2.24, 2.45) is 5.92 Å². The van der Waals surface area contributed by atoms with Crippen molar-refractivity contribution in [1.82, 2.24) is 4.57 Å². The molecule has 0 atom stereocenters. The lowest BCUT2D eigenvalue weighted by atomic mass is 9.97. The van der Waals surface area contributed by atoms with Crippen LogP contribution < -0.4 is 4.74 Å². The number of halogens is 1. The average molecular weight is 422 g/mol. The van der Waals surface area contributed by atoms with Gasteiger partial charge in [0.05, 0.1) is 12.8 Å². The molecule has 0 bridgehead atoms. The first-order valence-electron chi connectivity index (χ1n) is 9.85. The minimum Gasteiger partial charge on any atom is -0.496 e. The van der Waals surface area contributed by atoms with Crippen molar-refractivity contribution in [2.75, 3.05) is 7.11 Å². The molecule has 1 aromatic heterocycles. The van der Waals surface area contributed by atoms with Gasteiger partial charge in [-0.3, -0.25) is 4.79 Å². The van der Waals surface area contributed by atoms with Gasteiger partial charge in [-0.15, -0.1) is 12.3 Å². The van der Waals surface area contributed by atoms with Crippen LogP contribution in [-0.2, 0) is 6.42 Å². The summed E-state index contributed by atoms with van der Waals surface area (Å²) in [5, 5.41) is 0.542. The molecule has 1 heterocycles. The summed E-state index contributed by atoms with van der Waals surface area (Å²) in [5.41, 5.74) is 4.04. The molecule has 30 heavy (non-hydrogen) atoms. The van der Waals surface area contributed by atoms with E-state index in [1.807, 2.05) is 49.5 Å². The lowest BCUT2D eigenvalue weighted by Gasteiger charge is -2.16. The van der Waals surface area contributed by atoms with Gasteiger partial charge in [-0.05, 0) is 62.6 Å². The number of aromatic nitrogens is 1. The number of terminal acetylenes is 1. The third kappa shape index (κ3) is 5.34. The maximum atomic E-state index is 13.4. The highest BCUT2D eigenvalue weighted by molar-refractivity contribution is 6.31. The average Bonchev–Trinajstić information content (AvgIpc) is 3.15. The van der Waals surface area contributed by atoms with Crippen LogP contribution in [0.2, 0.25) is 5.02 Å². The number of carbonyl (C=O) groups is 1. The molecule has 3 aromatic rings. The summed E-state index contributed by atoms with van der Waals surface area (Å²) in [4.78, 5) is 13.4. The zero-order valence-corrected chi connectivity index (χ0v) is 19.0. The van der Waals surface area contributed by atoms with Crippen LogP contribution in [-0.4, -0.2) is 17.5 Å². The van der Waals surface area contributed by atoms with Crippen molar-refractivity contribution in [2.45, 2.75) is 34.1 Å². The van der Waals surface area contributed by atoms with E-state index in [4.69, 9.17) is 16.3 Å². The molecule has 2 aromatic carbocycles. The maximum Gasteiger partial charge on any atom is 0.195 e. The molecular formula is C26H28ClNO2. The number of benzene rings is 2. The quantitative estimate of drug-likeness (QED) is 0.335. The molecule has 156 valence electrons. The molecule has 4 heteroatoms. The van der Waals surface area contributed by atoms with E-state index in [2.05, 4.69) is 36.8 Å². The summed E-state index contributed by atoms with van der Waals surface area (Å²) in [5.74, 6) is 3.41. The molecular weight excluding hydrogens is 394 g/mol. The lowest BCUT2D eigenvalue weighted by molar-refractivity contribution is 0.103. The first-order valence-corrected chi connectivity index (χ1v) is 10.2. The Balaban J connectivity index is 0.00000101. The third-order valence-electron chi connectivity index (χ3n) is 4.66. The van der Waals surface area contributed by atoms with Crippen molar-refractivity contribution < 1.29 is 9.53 Å². The van der Waals surface area contributed by atoms with E-state index in [1.54, 1.807) is 20.1 Å². The summed E-state index contributed by atoms with van der Waals surface area (Å²) in [6.07, 6.45) is 7.53. The summed E-state index contributed by atoms with van der Waals surface area (Å²) in [7, 11) is 1.61. The molecule has 0 aliphatic carbocycles. The van der Waals surface area contributed by atoms with Crippen LogP contribution in [0.25, 0.3) is 5.69 Å². The third-order valence-corrected chi connectivity index (χ3v) is 4.90. The fraction of sp³-hybridized carbons (Fsp3) is 0.269. The van der Waals surface area contributed by atoms with E-state index >= 15 is 0 Å². The SMILES string of the molecule is C#CC.COc1cccc(C(=O)c2cc(Cl)ccc2-n2cccc2CC(C)C)c1C. The standard InChI is InChI=1S/C23H24ClNO2.C3H4/c1-15(2)13-18-7-6-12-25(18)21-11-10-17(24)14-20(21)23(26)19-8-5-9-22(27-4)16(19)3;1-3-2/h5-12,14-15H,13H2,1-4H3;1H,2H3. The molecule has 0 N–H and O–H groups in total. The Labute approximate surface area is 184 Å². The number of nitrogens with zero attached hydrogens (tertiary/aromatic N) is 1. The van der Waals surface area contributed by atoms with Gasteiger partial charge in [-0.1, -0.05) is 37.6 Å². The Morgan fingerprint density at radius 2 is 1.87 bits per heavy atom. The molecule has 0 saturated carbocycles. The predicted octanol–water partition coefficient (Wildman–Crippen LogP) is 6.52. The van der Waals surface area contributed by atoms with Crippen LogP contribution in [0, 0.1) is 25.2 Å². The van der Waals surface area contributed by atoms with Gasteiger partial charge in [0, 0.05) is 33.6 Å². The highest BCUT2D eigenvalue weighted by atomic mass is 35.5. The number of ether oxygens (including phenoxy) is 1. The van der Waals surface area contributed by atoms with Gasteiger partial charge in [0.2, 0.25) is 0 Å². The molecule has 0 saturated heterocycles. The van der Waals surface area contributed by atoms with Gasteiger partial charge in [0.15, 0.2) is 5.78 Å². The summed E-state index contributed by atoms with van der Waals surface area (Å²) >= 11 is 6.25. The number of rotatable bonds is 6. The Hall–Kier alpha value is -2.96. The molecule has 3 nitrogen and oxygen atoms in total. The van der Waals surface area contributed by atoms with Gasteiger partial charge < -0.3 is 9.30 Å². The number of methoxy groups -OCH3 is 1. The van der Waals surface area contributed by atoms with Crippen LogP contribution in [0.5, 0.6) is 5.75 Å². The molecule has 0 aliphatic heterocycles. The van der Waals surface area contributed by atoms with Gasteiger partial charge in [0.1, 0.15) is 5.75 Å². The largest absolute Gasteiger partial charge is 0.496 e. The second-order valence-corrected chi connectivity index (χ2v) is 7.82. The fourth-order valence-electron chi connectivity index (χ4n) is 3.36. The van der Waals surface area contributed by atoms with E-state index in [9.17, 15) is 4.79 Å². The highest BCUT2D eigenvalue weighted by Gasteiger charge is 2.20. The molecule has 0 fully saturated rings. The molecule has 0 aliphatic rings. The number of ketones is 1. The van der Waals surface area contributed by atoms with Gasteiger partial charge in [-0.25, -0.2) is 0 Å². The Kier molecular flexibility index (Phi) is 8.33. The van der Waals surface area contributed by atoms with Crippen molar-refractivity contribution in [3.05, 3.63) is 82.1 Å². The predicted molar refractivity (Wildman–Crippen MR) is 125 cm³/mol. The monoisotopic (exact) mass is 421 g/mol. The van der Waals surface area contributed by atoms with Crippen molar-refractivity contribution in [1.29, 1.82) is 0 Å². The van der Waals surface area contributed by atoms with Crippen LogP contribution in [0.4, 0.5) is 0 Å². The smallest absolute Gasteiger partial charge is 0.195 e. The van der Waals surface area contributed by atoms with Crippen LogP contribution in [0.1, 0.15) is 48.0 Å². The lowest BCUT2D eigenvalue weighted by Crippen LogP contribution is -2.11. The van der Waals surface area contributed by atoms with E-state index in [-0.39, 0.29) is 5.78 Å². The Morgan fingerprint density at radius 1 is 1.17 bits per heavy atom. The van der Waals surface area contributed by atoms with E-state index in [1.165, 1.54) is 5.69 Å². The minimum absolute atomic E-state index is 0.0619. The second kappa shape index (κ2) is 10.7. The summed E-state index contributed by atoms with van der Waals surface area (Å²) in [6.45, 7) is 7.92. The van der Waals surface area contributed by atoms with Crippen LogP contribution in [0.15, 0.2) is 54.7 Å². The number of carbonyl (C=O) groups excluding carboxylic acids is 1. The summed E-state index contributed by atoms with van der Waals surface area (Å²) in [6, 6.07) is 15.1. The van der Waals surface area contributed by atoms with E-state index < -0.39 is 0 Å². The molecule has 0 unspecified atom stereocenters. The fourth-order valence-corrected chi connectivity index (χ4v) is 3.53.